The first-order valence-corrected chi connectivity index (χ1v) is 7.91. The maximum absolute atomic E-state index is 12.5. The van der Waals surface area contributed by atoms with E-state index in [-0.39, 0.29) is 12.6 Å². The van der Waals surface area contributed by atoms with Crippen molar-refractivity contribution in [2.45, 2.75) is 37.9 Å². The Bertz CT molecular complexity index is 665. The highest BCUT2D eigenvalue weighted by atomic mass is 19.4. The van der Waals surface area contributed by atoms with Gasteiger partial charge in [-0.2, -0.15) is 13.2 Å². The first-order valence-electron chi connectivity index (χ1n) is 7.91. The fraction of sp³-hybridized carbons (Fsp3) is 0.529. The van der Waals surface area contributed by atoms with E-state index in [0.29, 0.717) is 0 Å². The second kappa shape index (κ2) is 6.43. The molecule has 0 spiro atoms. The summed E-state index contributed by atoms with van der Waals surface area (Å²) in [4.78, 5) is 5.21. The average Bonchev–Trinajstić information content (AvgIpc) is 3.11. The van der Waals surface area contributed by atoms with Gasteiger partial charge in [-0.25, -0.2) is 0 Å². The van der Waals surface area contributed by atoms with E-state index in [1.54, 1.807) is 7.11 Å². The molecule has 1 aromatic carbocycles. The monoisotopic (exact) mass is 326 g/mol. The molecule has 0 amide bonds. The Balaban J connectivity index is 1.73. The molecule has 1 atom stereocenters. The average molecular weight is 326 g/mol. The zero-order chi connectivity index (χ0) is 16.4. The summed E-state index contributed by atoms with van der Waals surface area (Å²) in [5.41, 5.74) is 2.17. The van der Waals surface area contributed by atoms with Gasteiger partial charge in [0.15, 0.2) is 0 Å². The minimum absolute atomic E-state index is 0.0971. The minimum Gasteiger partial charge on any atom is -0.497 e. The van der Waals surface area contributed by atoms with Crippen LogP contribution in [0.5, 0.6) is 5.75 Å². The molecule has 3 nitrogen and oxygen atoms in total. The van der Waals surface area contributed by atoms with Crippen LogP contribution in [0.3, 0.4) is 0 Å². The highest BCUT2D eigenvalue weighted by molar-refractivity contribution is 5.84. The molecule has 126 valence electrons. The van der Waals surface area contributed by atoms with Crippen molar-refractivity contribution >= 4 is 10.9 Å². The minimum atomic E-state index is -4.08. The standard InChI is InChI=1S/C17H21F3N2O/c1-23-14-4-5-16-15(10-14)12(11-21-16)9-13-3-2-7-22(13)8-6-17(18,19)20/h4-5,10-11,13,21H,2-3,6-9H2,1H3/t13-/m1/s1. The van der Waals surface area contributed by atoms with E-state index >= 15 is 0 Å². The molecule has 2 aromatic rings. The second-order valence-corrected chi connectivity index (χ2v) is 6.13. The largest absolute Gasteiger partial charge is 0.497 e. The van der Waals surface area contributed by atoms with Crippen molar-refractivity contribution in [3.63, 3.8) is 0 Å². The van der Waals surface area contributed by atoms with E-state index in [0.717, 1.165) is 48.0 Å². The van der Waals surface area contributed by atoms with Crippen molar-refractivity contribution in [2.24, 2.45) is 0 Å². The predicted molar refractivity (Wildman–Crippen MR) is 83.8 cm³/mol. The quantitative estimate of drug-likeness (QED) is 0.894. The first-order chi connectivity index (χ1) is 11.0. The van der Waals surface area contributed by atoms with Crippen molar-refractivity contribution < 1.29 is 17.9 Å². The molecule has 0 bridgehead atoms. The summed E-state index contributed by atoms with van der Waals surface area (Å²) >= 11 is 0. The van der Waals surface area contributed by atoms with E-state index in [1.807, 2.05) is 29.3 Å². The zero-order valence-corrected chi connectivity index (χ0v) is 13.1. The van der Waals surface area contributed by atoms with Crippen LogP contribution in [0.2, 0.25) is 0 Å². The van der Waals surface area contributed by atoms with Crippen LogP contribution in [0.15, 0.2) is 24.4 Å². The maximum Gasteiger partial charge on any atom is 0.390 e. The summed E-state index contributed by atoms with van der Waals surface area (Å²) < 4.78 is 42.6. The van der Waals surface area contributed by atoms with Crippen molar-refractivity contribution in [1.29, 1.82) is 0 Å². The smallest absolute Gasteiger partial charge is 0.390 e. The normalized spacial score (nSPS) is 19.6. The van der Waals surface area contributed by atoms with Crippen molar-refractivity contribution in [1.82, 2.24) is 9.88 Å². The number of fused-ring (bicyclic) bond motifs is 1. The number of likely N-dealkylation sites (tertiary alicyclic amines) is 1. The van der Waals surface area contributed by atoms with Crippen molar-refractivity contribution in [2.75, 3.05) is 20.2 Å². The van der Waals surface area contributed by atoms with Crippen LogP contribution in [-0.2, 0) is 6.42 Å². The molecule has 2 heterocycles. The Labute approximate surface area is 133 Å². The van der Waals surface area contributed by atoms with Gasteiger partial charge in [0.25, 0.3) is 0 Å². The third-order valence-corrected chi connectivity index (χ3v) is 4.61. The number of nitrogens with one attached hydrogen (secondary N) is 1. The summed E-state index contributed by atoms with van der Waals surface area (Å²) in [6.07, 6.45) is -0.162. The van der Waals surface area contributed by atoms with Gasteiger partial charge in [0.1, 0.15) is 5.75 Å². The number of aromatic nitrogens is 1. The van der Waals surface area contributed by atoms with E-state index in [2.05, 4.69) is 4.98 Å². The van der Waals surface area contributed by atoms with Gasteiger partial charge in [-0.05, 0) is 49.6 Å². The number of H-pyrrole nitrogens is 1. The Morgan fingerprint density at radius 1 is 1.35 bits per heavy atom. The molecule has 6 heteroatoms. The van der Waals surface area contributed by atoms with Crippen LogP contribution >= 0.6 is 0 Å². The molecule has 0 aliphatic carbocycles. The number of methoxy groups -OCH3 is 1. The molecule has 0 saturated carbocycles. The van der Waals surface area contributed by atoms with Gasteiger partial charge in [0.05, 0.1) is 13.5 Å². The lowest BCUT2D eigenvalue weighted by Crippen LogP contribution is -2.34. The third-order valence-electron chi connectivity index (χ3n) is 4.61. The molecule has 3 rings (SSSR count). The number of ether oxygens (including phenoxy) is 1. The van der Waals surface area contributed by atoms with Crippen molar-refractivity contribution in [3.8, 4) is 5.75 Å². The highest BCUT2D eigenvalue weighted by Gasteiger charge is 2.31. The number of benzene rings is 1. The molecule has 1 aliphatic rings. The van der Waals surface area contributed by atoms with E-state index in [9.17, 15) is 13.2 Å². The summed E-state index contributed by atoms with van der Waals surface area (Å²) in [5, 5.41) is 1.09. The van der Waals surface area contributed by atoms with Crippen LogP contribution in [0.1, 0.15) is 24.8 Å². The summed E-state index contributed by atoms with van der Waals surface area (Å²) in [6, 6.07) is 6.03. The maximum atomic E-state index is 12.5. The number of halogens is 3. The van der Waals surface area contributed by atoms with Crippen LogP contribution in [-0.4, -0.2) is 42.3 Å². The van der Waals surface area contributed by atoms with Crippen LogP contribution in [0.4, 0.5) is 13.2 Å². The molecular formula is C17H21F3N2O. The second-order valence-electron chi connectivity index (χ2n) is 6.13. The van der Waals surface area contributed by atoms with Crippen LogP contribution in [0.25, 0.3) is 10.9 Å². The number of hydrogen-bond acceptors (Lipinski definition) is 2. The lowest BCUT2D eigenvalue weighted by molar-refractivity contribution is -0.138. The lowest BCUT2D eigenvalue weighted by Gasteiger charge is -2.24. The number of nitrogens with zero attached hydrogens (tertiary/aromatic N) is 1. The van der Waals surface area contributed by atoms with Crippen LogP contribution in [0, 0.1) is 0 Å². The molecule has 23 heavy (non-hydrogen) atoms. The van der Waals surface area contributed by atoms with Gasteiger partial charge < -0.3 is 9.72 Å². The molecule has 1 aliphatic heterocycles. The number of aromatic amines is 1. The molecule has 0 radical (unpaired) electrons. The Morgan fingerprint density at radius 3 is 2.91 bits per heavy atom. The fourth-order valence-corrected chi connectivity index (χ4v) is 3.40. The molecule has 1 fully saturated rings. The Hall–Kier alpha value is -1.69. The van der Waals surface area contributed by atoms with Gasteiger partial charge in [-0.15, -0.1) is 0 Å². The zero-order valence-electron chi connectivity index (χ0n) is 13.1. The molecule has 0 unspecified atom stereocenters. The number of rotatable bonds is 5. The van der Waals surface area contributed by atoms with Gasteiger partial charge >= 0.3 is 6.18 Å². The van der Waals surface area contributed by atoms with Gasteiger partial charge in [-0.3, -0.25) is 4.90 Å². The molecule has 1 saturated heterocycles. The highest BCUT2D eigenvalue weighted by Crippen LogP contribution is 2.29. The Kier molecular flexibility index (Phi) is 4.53. The number of alkyl halides is 3. The van der Waals surface area contributed by atoms with Gasteiger partial charge in [0, 0.05) is 29.7 Å². The van der Waals surface area contributed by atoms with Gasteiger partial charge in [-0.1, -0.05) is 0 Å². The molecule has 1 aromatic heterocycles. The van der Waals surface area contributed by atoms with Crippen LogP contribution < -0.4 is 4.74 Å². The van der Waals surface area contributed by atoms with E-state index < -0.39 is 12.6 Å². The Morgan fingerprint density at radius 2 is 2.17 bits per heavy atom. The summed E-state index contributed by atoms with van der Waals surface area (Å²) in [7, 11) is 1.63. The predicted octanol–water partition coefficient (Wildman–Crippen LogP) is 4.14. The lowest BCUT2D eigenvalue weighted by atomic mass is 10.0. The summed E-state index contributed by atoms with van der Waals surface area (Å²) in [6.45, 7) is 0.853. The summed E-state index contributed by atoms with van der Waals surface area (Å²) in [5.74, 6) is 0.790. The SMILES string of the molecule is COc1ccc2[nH]cc(C[C@H]3CCCN3CCC(F)(F)F)c2c1. The topological polar surface area (TPSA) is 28.3 Å². The molecular weight excluding hydrogens is 305 g/mol. The van der Waals surface area contributed by atoms with Crippen molar-refractivity contribution in [3.05, 3.63) is 30.0 Å². The van der Waals surface area contributed by atoms with E-state index in [4.69, 9.17) is 4.74 Å². The fourth-order valence-electron chi connectivity index (χ4n) is 3.40. The molecule has 1 N–H and O–H groups in total. The van der Waals surface area contributed by atoms with E-state index in [1.165, 1.54) is 0 Å². The number of hydrogen-bond donors (Lipinski definition) is 1. The first kappa shape index (κ1) is 16.2. The van der Waals surface area contributed by atoms with Gasteiger partial charge in [0.2, 0.25) is 0 Å². The third kappa shape index (κ3) is 3.80.